The van der Waals surface area contributed by atoms with Crippen LogP contribution in [0.3, 0.4) is 0 Å². The normalized spacial score (nSPS) is 13.7. The van der Waals surface area contributed by atoms with Crippen LogP contribution in [0.2, 0.25) is 19.1 Å². The van der Waals surface area contributed by atoms with Crippen molar-refractivity contribution < 1.29 is 14.3 Å². The molecule has 0 saturated heterocycles. The number of hydrogen-bond donors (Lipinski definition) is 0. The van der Waals surface area contributed by atoms with E-state index in [4.69, 9.17) is 9.46 Å². The molecule has 0 N–H and O–H groups in total. The Labute approximate surface area is 94.2 Å². The summed E-state index contributed by atoms with van der Waals surface area (Å²) in [5.41, 5.74) is 0. The minimum atomic E-state index is -1.79. The van der Waals surface area contributed by atoms with Gasteiger partial charge in [0.15, 0.2) is 0 Å². The third-order valence-corrected chi connectivity index (χ3v) is 4.59. The maximum atomic E-state index is 11.4. The number of unbranched alkanes of at least 4 members (excludes halogenated alkanes) is 1. The summed E-state index contributed by atoms with van der Waals surface area (Å²) in [6, 6.07) is 1.04. The first-order valence-corrected chi connectivity index (χ1v) is 8.94. The van der Waals surface area contributed by atoms with E-state index in [1.54, 1.807) is 0 Å². The third kappa shape index (κ3) is 6.68. The summed E-state index contributed by atoms with van der Waals surface area (Å²) in [5, 5.41) is 0. The Balaban J connectivity index is 3.86. The molecule has 0 saturated carbocycles. The first-order valence-electron chi connectivity index (χ1n) is 5.82. The van der Waals surface area contributed by atoms with Gasteiger partial charge in [-0.05, 0) is 25.6 Å². The topological polar surface area (TPSA) is 35.5 Å². The van der Waals surface area contributed by atoms with Crippen molar-refractivity contribution in [2.75, 3.05) is 0 Å². The fourth-order valence-electron chi connectivity index (χ4n) is 1.05. The van der Waals surface area contributed by atoms with Crippen LogP contribution in [0.1, 0.15) is 40.0 Å². The maximum Gasteiger partial charge on any atom is 0.343 e. The molecule has 0 aromatic carbocycles. The Morgan fingerprint density at radius 2 is 1.93 bits per heavy atom. The van der Waals surface area contributed by atoms with Crippen LogP contribution in [0, 0.1) is 5.92 Å². The van der Waals surface area contributed by atoms with Crippen LogP contribution < -0.4 is 0 Å². The van der Waals surface area contributed by atoms with Crippen molar-refractivity contribution in [3.05, 3.63) is 0 Å². The van der Waals surface area contributed by atoms with Crippen molar-refractivity contribution in [1.29, 1.82) is 0 Å². The highest BCUT2D eigenvalue weighted by molar-refractivity contribution is 6.70. The van der Waals surface area contributed by atoms with Crippen molar-refractivity contribution in [3.8, 4) is 0 Å². The second-order valence-electron chi connectivity index (χ2n) is 4.66. The lowest BCUT2D eigenvalue weighted by Gasteiger charge is -2.20. The second-order valence-corrected chi connectivity index (χ2v) is 8.84. The highest BCUT2D eigenvalue weighted by Gasteiger charge is 2.26. The standard InChI is InChI=1S/C11H24O3Si/c1-6-8-9-15(4,5)14-13-11(12)10(3)7-2/h10H,6-9H2,1-5H3. The fraction of sp³-hybridized carbons (Fsp3) is 0.909. The predicted molar refractivity (Wildman–Crippen MR) is 63.8 cm³/mol. The maximum absolute atomic E-state index is 11.4. The Kier molecular flexibility index (Phi) is 6.84. The van der Waals surface area contributed by atoms with Crippen LogP contribution in [0.25, 0.3) is 0 Å². The third-order valence-electron chi connectivity index (χ3n) is 2.50. The lowest BCUT2D eigenvalue weighted by atomic mass is 10.1. The van der Waals surface area contributed by atoms with Crippen LogP contribution in [-0.4, -0.2) is 14.3 Å². The summed E-state index contributed by atoms with van der Waals surface area (Å²) >= 11 is 0. The predicted octanol–water partition coefficient (Wildman–Crippen LogP) is 3.51. The first kappa shape index (κ1) is 14.6. The molecule has 90 valence electrons. The zero-order valence-corrected chi connectivity index (χ0v) is 11.6. The molecule has 0 aliphatic rings. The highest BCUT2D eigenvalue weighted by atomic mass is 28.4. The smallest absolute Gasteiger partial charge is 0.310 e. The van der Waals surface area contributed by atoms with Crippen molar-refractivity contribution in [2.45, 2.75) is 59.2 Å². The van der Waals surface area contributed by atoms with E-state index < -0.39 is 8.32 Å². The fourth-order valence-corrected chi connectivity index (χ4v) is 2.64. The second kappa shape index (κ2) is 7.01. The molecule has 0 amide bonds. The van der Waals surface area contributed by atoms with E-state index in [1.807, 2.05) is 13.8 Å². The number of hydrogen-bond acceptors (Lipinski definition) is 3. The van der Waals surface area contributed by atoms with E-state index in [-0.39, 0.29) is 11.9 Å². The van der Waals surface area contributed by atoms with E-state index in [0.29, 0.717) is 0 Å². The van der Waals surface area contributed by atoms with Gasteiger partial charge in [-0.2, -0.15) is 0 Å². The summed E-state index contributed by atoms with van der Waals surface area (Å²) in [6.07, 6.45) is 3.08. The zero-order chi connectivity index (χ0) is 11.9. The average molecular weight is 232 g/mol. The molecule has 1 atom stereocenters. The summed E-state index contributed by atoms with van der Waals surface area (Å²) in [6.45, 7) is 10.1. The van der Waals surface area contributed by atoms with Gasteiger partial charge in [0, 0.05) is 0 Å². The highest BCUT2D eigenvalue weighted by Crippen LogP contribution is 2.16. The zero-order valence-electron chi connectivity index (χ0n) is 10.6. The van der Waals surface area contributed by atoms with Gasteiger partial charge >= 0.3 is 5.97 Å². The van der Waals surface area contributed by atoms with Gasteiger partial charge in [0.1, 0.15) is 0 Å². The summed E-state index contributed by atoms with van der Waals surface area (Å²) in [7, 11) is -1.79. The van der Waals surface area contributed by atoms with Crippen molar-refractivity contribution in [1.82, 2.24) is 0 Å². The minimum absolute atomic E-state index is 0.0685. The lowest BCUT2D eigenvalue weighted by molar-refractivity contribution is -0.224. The molecule has 0 aliphatic heterocycles. The summed E-state index contributed by atoms with van der Waals surface area (Å²) in [5.74, 6) is -0.310. The molecule has 15 heavy (non-hydrogen) atoms. The Hall–Kier alpha value is -0.353. The van der Waals surface area contributed by atoms with Crippen molar-refractivity contribution in [3.63, 3.8) is 0 Å². The van der Waals surface area contributed by atoms with Gasteiger partial charge in [0.2, 0.25) is 8.32 Å². The minimum Gasteiger partial charge on any atom is -0.310 e. The van der Waals surface area contributed by atoms with E-state index in [0.717, 1.165) is 25.3 Å². The van der Waals surface area contributed by atoms with Gasteiger partial charge < -0.3 is 4.89 Å². The molecule has 4 heteroatoms. The monoisotopic (exact) mass is 232 g/mol. The molecule has 0 aromatic heterocycles. The van der Waals surface area contributed by atoms with Crippen LogP contribution in [-0.2, 0) is 14.3 Å². The molecule has 0 radical (unpaired) electrons. The van der Waals surface area contributed by atoms with E-state index >= 15 is 0 Å². The molecule has 3 nitrogen and oxygen atoms in total. The molecule has 0 fully saturated rings. The molecular weight excluding hydrogens is 208 g/mol. The largest absolute Gasteiger partial charge is 0.343 e. The molecule has 0 heterocycles. The van der Waals surface area contributed by atoms with E-state index in [1.165, 1.54) is 0 Å². The Morgan fingerprint density at radius 1 is 1.33 bits per heavy atom. The van der Waals surface area contributed by atoms with Gasteiger partial charge in [0.25, 0.3) is 0 Å². The molecule has 1 unspecified atom stereocenters. The van der Waals surface area contributed by atoms with E-state index in [9.17, 15) is 4.79 Å². The molecule has 0 rings (SSSR count). The number of carbonyl (C=O) groups is 1. The summed E-state index contributed by atoms with van der Waals surface area (Å²) in [4.78, 5) is 16.2. The first-order chi connectivity index (χ1) is 6.93. The SMILES string of the molecule is CCCC[Si](C)(C)OOC(=O)C(C)CC. The van der Waals surface area contributed by atoms with Gasteiger partial charge in [-0.1, -0.05) is 33.6 Å². The van der Waals surface area contributed by atoms with E-state index in [2.05, 4.69) is 20.0 Å². The van der Waals surface area contributed by atoms with Gasteiger partial charge in [-0.3, -0.25) is 0 Å². The quantitative estimate of drug-likeness (QED) is 0.383. The van der Waals surface area contributed by atoms with Gasteiger partial charge in [-0.25, -0.2) is 9.37 Å². The van der Waals surface area contributed by atoms with Crippen LogP contribution in [0.4, 0.5) is 0 Å². The van der Waals surface area contributed by atoms with Crippen molar-refractivity contribution in [2.24, 2.45) is 5.92 Å². The Bertz CT molecular complexity index is 192. The Morgan fingerprint density at radius 3 is 2.40 bits per heavy atom. The molecule has 0 bridgehead atoms. The lowest BCUT2D eigenvalue weighted by Crippen LogP contribution is -2.32. The molecule has 0 aromatic rings. The van der Waals surface area contributed by atoms with Crippen LogP contribution >= 0.6 is 0 Å². The molecular formula is C11H24O3Si. The van der Waals surface area contributed by atoms with Gasteiger partial charge in [-0.15, -0.1) is 0 Å². The number of rotatable bonds is 7. The summed E-state index contributed by atoms with van der Waals surface area (Å²) < 4.78 is 5.31. The number of carbonyl (C=O) groups excluding carboxylic acids is 1. The van der Waals surface area contributed by atoms with Crippen LogP contribution in [0.5, 0.6) is 0 Å². The van der Waals surface area contributed by atoms with Gasteiger partial charge in [0.05, 0.1) is 5.92 Å². The van der Waals surface area contributed by atoms with Crippen molar-refractivity contribution >= 4 is 14.3 Å². The average Bonchev–Trinajstić information content (AvgIpc) is 2.22. The molecule has 0 aliphatic carbocycles. The van der Waals surface area contributed by atoms with Crippen LogP contribution in [0.15, 0.2) is 0 Å². The molecule has 0 spiro atoms.